The van der Waals surface area contributed by atoms with E-state index in [2.05, 4.69) is 5.32 Å². The molecule has 0 aliphatic rings. The van der Waals surface area contributed by atoms with E-state index >= 15 is 0 Å². The number of hydrogen-bond acceptors (Lipinski definition) is 4. The van der Waals surface area contributed by atoms with Gasteiger partial charge in [0.15, 0.2) is 0 Å². The van der Waals surface area contributed by atoms with Crippen molar-refractivity contribution in [3.63, 3.8) is 0 Å². The molecule has 0 unspecified atom stereocenters. The van der Waals surface area contributed by atoms with Gasteiger partial charge in [-0.25, -0.2) is 4.39 Å². The fraction of sp³-hybridized carbons (Fsp3) is 0.316. The van der Waals surface area contributed by atoms with E-state index in [1.165, 1.54) is 17.0 Å². The second kappa shape index (κ2) is 9.15. The molecule has 0 heterocycles. The number of rotatable bonds is 8. The molecular formula is C19H23FN2O3. The van der Waals surface area contributed by atoms with E-state index in [0.717, 1.165) is 11.1 Å². The third-order valence-corrected chi connectivity index (χ3v) is 3.69. The van der Waals surface area contributed by atoms with E-state index in [-0.39, 0.29) is 18.3 Å². The van der Waals surface area contributed by atoms with Gasteiger partial charge in [-0.05, 0) is 35.4 Å². The third kappa shape index (κ3) is 5.85. The number of aliphatic hydroxyl groups excluding tert-OH is 1. The summed E-state index contributed by atoms with van der Waals surface area (Å²) in [6, 6.07) is 13.1. The predicted octanol–water partition coefficient (Wildman–Crippen LogP) is 1.94. The lowest BCUT2D eigenvalue weighted by Gasteiger charge is -2.19. The molecule has 2 N–H and O–H groups in total. The van der Waals surface area contributed by atoms with Gasteiger partial charge in [0.25, 0.3) is 0 Å². The molecule has 0 saturated carbocycles. The molecule has 0 aliphatic heterocycles. The van der Waals surface area contributed by atoms with E-state index < -0.39 is 6.04 Å². The summed E-state index contributed by atoms with van der Waals surface area (Å²) in [6.07, 6.45) is 0. The van der Waals surface area contributed by atoms with Crippen LogP contribution < -0.4 is 10.1 Å². The standard InChI is InChI=1S/C19H23FN2O3/c1-22(2)19(24)18(12-23)21-11-14-6-8-17(9-7-14)25-13-15-4-3-5-16(20)10-15/h3-10,18,21,23H,11-13H2,1-2H3/t18-/m0/s1. The molecule has 2 aromatic carbocycles. The maximum Gasteiger partial charge on any atom is 0.241 e. The lowest BCUT2D eigenvalue weighted by atomic mass is 10.2. The number of hydrogen-bond donors (Lipinski definition) is 2. The lowest BCUT2D eigenvalue weighted by Crippen LogP contribution is -2.45. The minimum Gasteiger partial charge on any atom is -0.489 e. The minimum absolute atomic E-state index is 0.169. The van der Waals surface area contributed by atoms with Crippen LogP contribution in [-0.2, 0) is 17.9 Å². The SMILES string of the molecule is CN(C)C(=O)[C@H](CO)NCc1ccc(OCc2cccc(F)c2)cc1. The first kappa shape index (κ1) is 18.9. The van der Waals surface area contributed by atoms with Crippen molar-refractivity contribution in [3.05, 3.63) is 65.5 Å². The van der Waals surface area contributed by atoms with Crippen molar-refractivity contribution in [2.24, 2.45) is 0 Å². The van der Waals surface area contributed by atoms with Crippen LogP contribution in [0.3, 0.4) is 0 Å². The van der Waals surface area contributed by atoms with Crippen molar-refractivity contribution in [3.8, 4) is 5.75 Å². The minimum atomic E-state index is -0.626. The van der Waals surface area contributed by atoms with E-state index in [0.29, 0.717) is 18.9 Å². The smallest absolute Gasteiger partial charge is 0.241 e. The van der Waals surface area contributed by atoms with Crippen LogP contribution in [0.5, 0.6) is 5.75 Å². The Hall–Kier alpha value is -2.44. The van der Waals surface area contributed by atoms with Crippen LogP contribution >= 0.6 is 0 Å². The molecule has 0 aliphatic carbocycles. The van der Waals surface area contributed by atoms with Gasteiger partial charge in [-0.2, -0.15) is 0 Å². The first-order valence-electron chi connectivity index (χ1n) is 8.01. The maximum absolute atomic E-state index is 13.1. The van der Waals surface area contributed by atoms with Gasteiger partial charge in [0.2, 0.25) is 5.91 Å². The molecule has 25 heavy (non-hydrogen) atoms. The number of carbonyl (C=O) groups is 1. The highest BCUT2D eigenvalue weighted by Gasteiger charge is 2.18. The van der Waals surface area contributed by atoms with Crippen LogP contribution in [0.1, 0.15) is 11.1 Å². The summed E-state index contributed by atoms with van der Waals surface area (Å²) in [6.45, 7) is 0.486. The van der Waals surface area contributed by atoms with Gasteiger partial charge in [-0.3, -0.25) is 10.1 Å². The highest BCUT2D eigenvalue weighted by molar-refractivity contribution is 5.81. The summed E-state index contributed by atoms with van der Waals surface area (Å²) in [7, 11) is 3.30. The van der Waals surface area contributed by atoms with Crippen molar-refractivity contribution in [2.75, 3.05) is 20.7 Å². The Bertz CT molecular complexity index is 689. The first-order valence-corrected chi connectivity index (χ1v) is 8.01. The maximum atomic E-state index is 13.1. The van der Waals surface area contributed by atoms with Crippen molar-refractivity contribution in [1.82, 2.24) is 10.2 Å². The zero-order valence-corrected chi connectivity index (χ0v) is 14.4. The van der Waals surface area contributed by atoms with Crippen LogP contribution in [0.4, 0.5) is 4.39 Å². The summed E-state index contributed by atoms with van der Waals surface area (Å²) >= 11 is 0. The van der Waals surface area contributed by atoms with Gasteiger partial charge in [-0.1, -0.05) is 24.3 Å². The highest BCUT2D eigenvalue weighted by atomic mass is 19.1. The van der Waals surface area contributed by atoms with Crippen LogP contribution in [0.2, 0.25) is 0 Å². The molecule has 6 heteroatoms. The molecule has 5 nitrogen and oxygen atoms in total. The molecule has 0 saturated heterocycles. The van der Waals surface area contributed by atoms with Crippen molar-refractivity contribution >= 4 is 5.91 Å². The molecule has 2 aromatic rings. The Morgan fingerprint density at radius 1 is 1.20 bits per heavy atom. The Kier molecular flexibility index (Phi) is 6.91. The third-order valence-electron chi connectivity index (χ3n) is 3.69. The number of halogens is 1. The fourth-order valence-corrected chi connectivity index (χ4v) is 2.28. The average molecular weight is 346 g/mol. The number of ether oxygens (including phenoxy) is 1. The van der Waals surface area contributed by atoms with Crippen molar-refractivity contribution in [1.29, 1.82) is 0 Å². The highest BCUT2D eigenvalue weighted by Crippen LogP contribution is 2.15. The molecule has 0 bridgehead atoms. The average Bonchev–Trinajstić information content (AvgIpc) is 2.61. The van der Waals surface area contributed by atoms with Crippen LogP contribution in [-0.4, -0.2) is 42.7 Å². The van der Waals surface area contributed by atoms with Crippen LogP contribution in [0, 0.1) is 5.82 Å². The normalized spacial score (nSPS) is 11.8. The van der Waals surface area contributed by atoms with Crippen molar-refractivity contribution < 1.29 is 19.0 Å². The van der Waals surface area contributed by atoms with E-state index in [1.54, 1.807) is 26.2 Å². The molecule has 1 amide bonds. The Labute approximate surface area is 147 Å². The Morgan fingerprint density at radius 3 is 2.52 bits per heavy atom. The second-order valence-corrected chi connectivity index (χ2v) is 5.91. The first-order chi connectivity index (χ1) is 12.0. The van der Waals surface area contributed by atoms with Crippen LogP contribution in [0.15, 0.2) is 48.5 Å². The molecule has 1 atom stereocenters. The fourth-order valence-electron chi connectivity index (χ4n) is 2.28. The molecule has 0 radical (unpaired) electrons. The van der Waals surface area contributed by atoms with Gasteiger partial charge >= 0.3 is 0 Å². The zero-order chi connectivity index (χ0) is 18.2. The predicted molar refractivity (Wildman–Crippen MR) is 93.6 cm³/mol. The summed E-state index contributed by atoms with van der Waals surface area (Å²) in [5.41, 5.74) is 1.72. The summed E-state index contributed by atoms with van der Waals surface area (Å²) in [5, 5.41) is 12.3. The topological polar surface area (TPSA) is 61.8 Å². The number of aliphatic hydroxyl groups is 1. The molecule has 134 valence electrons. The number of benzene rings is 2. The quantitative estimate of drug-likeness (QED) is 0.767. The number of amides is 1. The number of likely N-dealkylation sites (N-methyl/N-ethyl adjacent to an activating group) is 1. The largest absolute Gasteiger partial charge is 0.489 e. The zero-order valence-electron chi connectivity index (χ0n) is 14.4. The molecular weight excluding hydrogens is 323 g/mol. The van der Waals surface area contributed by atoms with Gasteiger partial charge in [0.05, 0.1) is 6.61 Å². The van der Waals surface area contributed by atoms with E-state index in [1.807, 2.05) is 24.3 Å². The molecule has 0 aromatic heterocycles. The Balaban J connectivity index is 1.86. The van der Waals surface area contributed by atoms with E-state index in [9.17, 15) is 14.3 Å². The number of nitrogens with one attached hydrogen (secondary N) is 1. The van der Waals surface area contributed by atoms with Gasteiger partial charge in [-0.15, -0.1) is 0 Å². The molecule has 0 fully saturated rings. The summed E-state index contributed by atoms with van der Waals surface area (Å²) in [4.78, 5) is 13.3. The van der Waals surface area contributed by atoms with Gasteiger partial charge in [0, 0.05) is 20.6 Å². The van der Waals surface area contributed by atoms with Crippen molar-refractivity contribution in [2.45, 2.75) is 19.2 Å². The number of nitrogens with zero attached hydrogens (tertiary/aromatic N) is 1. The van der Waals surface area contributed by atoms with Crippen LogP contribution in [0.25, 0.3) is 0 Å². The molecule has 0 spiro atoms. The summed E-state index contributed by atoms with van der Waals surface area (Å²) in [5.74, 6) is 0.224. The molecule has 2 rings (SSSR count). The second-order valence-electron chi connectivity index (χ2n) is 5.91. The van der Waals surface area contributed by atoms with Gasteiger partial charge < -0.3 is 14.7 Å². The van der Waals surface area contributed by atoms with Gasteiger partial charge in [0.1, 0.15) is 24.2 Å². The summed E-state index contributed by atoms with van der Waals surface area (Å²) < 4.78 is 18.8. The Morgan fingerprint density at radius 2 is 1.92 bits per heavy atom. The monoisotopic (exact) mass is 346 g/mol. The van der Waals surface area contributed by atoms with E-state index in [4.69, 9.17) is 4.74 Å². The number of carbonyl (C=O) groups excluding carboxylic acids is 1. The lowest BCUT2D eigenvalue weighted by molar-refractivity contribution is -0.131.